The number of nitrogens with one attached hydrogen (secondary N) is 1. The van der Waals surface area contributed by atoms with Gasteiger partial charge in [0.05, 0.1) is 17.2 Å². The van der Waals surface area contributed by atoms with Crippen LogP contribution < -0.4 is 11.1 Å². The molecular formula is C13H14FN3OS. The third-order valence-corrected chi connectivity index (χ3v) is 3.75. The maximum absolute atomic E-state index is 13.6. The molecular weight excluding hydrogens is 265 g/mol. The minimum absolute atomic E-state index is 0.266. The third kappa shape index (κ3) is 3.29. The fraction of sp³-hybridized carbons (Fsp3) is 0.231. The smallest absolute Gasteiger partial charge is 0.248 e. The molecule has 0 atom stereocenters. The monoisotopic (exact) mass is 279 g/mol. The molecule has 1 aromatic heterocycles. The molecule has 2 rings (SSSR count). The zero-order valence-corrected chi connectivity index (χ0v) is 11.3. The van der Waals surface area contributed by atoms with Crippen LogP contribution in [0.1, 0.15) is 27.2 Å². The van der Waals surface area contributed by atoms with E-state index in [-0.39, 0.29) is 11.3 Å². The highest BCUT2D eigenvalue weighted by atomic mass is 32.1. The van der Waals surface area contributed by atoms with E-state index in [0.717, 1.165) is 16.3 Å². The highest BCUT2D eigenvalue weighted by Gasteiger charge is 2.07. The van der Waals surface area contributed by atoms with Crippen LogP contribution in [0.25, 0.3) is 0 Å². The van der Waals surface area contributed by atoms with Crippen molar-refractivity contribution >= 4 is 22.9 Å². The number of anilines is 1. The number of thiazole rings is 1. The van der Waals surface area contributed by atoms with Crippen molar-refractivity contribution in [1.82, 2.24) is 4.98 Å². The van der Waals surface area contributed by atoms with E-state index in [1.165, 1.54) is 18.2 Å². The summed E-state index contributed by atoms with van der Waals surface area (Å²) in [6.45, 7) is 2.50. The van der Waals surface area contributed by atoms with Gasteiger partial charge in [0.25, 0.3) is 0 Å². The predicted molar refractivity (Wildman–Crippen MR) is 73.7 cm³/mol. The lowest BCUT2D eigenvalue weighted by Crippen LogP contribution is -2.12. The van der Waals surface area contributed by atoms with Crippen molar-refractivity contribution in [3.8, 4) is 0 Å². The van der Waals surface area contributed by atoms with Gasteiger partial charge in [0.2, 0.25) is 5.91 Å². The number of aromatic nitrogens is 1. The number of aryl methyl sites for hydroxylation is 1. The van der Waals surface area contributed by atoms with E-state index in [9.17, 15) is 9.18 Å². The van der Waals surface area contributed by atoms with Crippen LogP contribution in [-0.4, -0.2) is 10.9 Å². The van der Waals surface area contributed by atoms with Gasteiger partial charge in [-0.3, -0.25) is 4.79 Å². The highest BCUT2D eigenvalue weighted by Crippen LogP contribution is 2.19. The molecule has 100 valence electrons. The Bertz CT molecular complexity index is 597. The number of hydrogen-bond donors (Lipinski definition) is 2. The summed E-state index contributed by atoms with van der Waals surface area (Å²) in [6, 6.07) is 4.01. The van der Waals surface area contributed by atoms with Crippen LogP contribution in [0.2, 0.25) is 0 Å². The minimum Gasteiger partial charge on any atom is -0.378 e. The fourth-order valence-corrected chi connectivity index (χ4v) is 2.39. The molecule has 2 aromatic rings. The molecule has 4 nitrogen and oxygen atoms in total. The molecule has 0 fully saturated rings. The maximum Gasteiger partial charge on any atom is 0.248 e. The number of hydrogen-bond acceptors (Lipinski definition) is 4. The van der Waals surface area contributed by atoms with Gasteiger partial charge in [0.1, 0.15) is 5.82 Å². The number of halogens is 1. The SMILES string of the molecule is CCc1ncc(CNc2cc(C(N)=O)ccc2F)s1. The highest BCUT2D eigenvalue weighted by molar-refractivity contribution is 7.11. The Morgan fingerprint density at radius 3 is 2.95 bits per heavy atom. The number of amides is 1. The first kappa shape index (κ1) is 13.5. The molecule has 6 heteroatoms. The Labute approximate surface area is 114 Å². The van der Waals surface area contributed by atoms with Gasteiger partial charge in [-0.15, -0.1) is 11.3 Å². The van der Waals surface area contributed by atoms with Gasteiger partial charge < -0.3 is 11.1 Å². The van der Waals surface area contributed by atoms with E-state index < -0.39 is 11.7 Å². The number of nitrogens with zero attached hydrogens (tertiary/aromatic N) is 1. The van der Waals surface area contributed by atoms with Gasteiger partial charge in [-0.1, -0.05) is 6.92 Å². The first-order chi connectivity index (χ1) is 9.10. The van der Waals surface area contributed by atoms with Crippen LogP contribution in [0.15, 0.2) is 24.4 Å². The maximum atomic E-state index is 13.6. The first-order valence-corrected chi connectivity index (χ1v) is 6.68. The van der Waals surface area contributed by atoms with E-state index in [1.54, 1.807) is 17.5 Å². The second-order valence-corrected chi connectivity index (χ2v) is 5.19. The molecule has 0 aliphatic rings. The molecule has 1 heterocycles. The van der Waals surface area contributed by atoms with Gasteiger partial charge in [0.15, 0.2) is 0 Å². The second kappa shape index (κ2) is 5.79. The minimum atomic E-state index is -0.575. The fourth-order valence-electron chi connectivity index (χ4n) is 1.59. The Hall–Kier alpha value is -1.95. The molecule has 0 saturated carbocycles. The number of rotatable bonds is 5. The van der Waals surface area contributed by atoms with Gasteiger partial charge in [-0.05, 0) is 24.6 Å². The lowest BCUT2D eigenvalue weighted by atomic mass is 10.2. The van der Waals surface area contributed by atoms with Gasteiger partial charge in [-0.25, -0.2) is 9.37 Å². The molecule has 0 unspecified atom stereocenters. The van der Waals surface area contributed by atoms with Crippen LogP contribution in [0.5, 0.6) is 0 Å². The Morgan fingerprint density at radius 1 is 1.53 bits per heavy atom. The standard InChI is InChI=1S/C13H14FN3OS/c1-2-12-17-7-9(19-12)6-16-11-5-8(13(15)18)3-4-10(11)14/h3-5,7,16H,2,6H2,1H3,(H2,15,18). The first-order valence-electron chi connectivity index (χ1n) is 5.87. The van der Waals surface area contributed by atoms with Crippen molar-refractivity contribution in [3.05, 3.63) is 45.7 Å². The summed E-state index contributed by atoms with van der Waals surface area (Å²) in [6.07, 6.45) is 2.66. The third-order valence-electron chi connectivity index (χ3n) is 2.61. The molecule has 3 N–H and O–H groups in total. The van der Waals surface area contributed by atoms with Crippen LogP contribution in [-0.2, 0) is 13.0 Å². The largest absolute Gasteiger partial charge is 0.378 e. The van der Waals surface area contributed by atoms with Crippen molar-refractivity contribution in [1.29, 1.82) is 0 Å². The molecule has 0 radical (unpaired) electrons. The molecule has 0 spiro atoms. The summed E-state index contributed by atoms with van der Waals surface area (Å²) >= 11 is 1.58. The Kier molecular flexibility index (Phi) is 4.11. The lowest BCUT2D eigenvalue weighted by molar-refractivity contribution is 0.100. The molecule has 19 heavy (non-hydrogen) atoms. The van der Waals surface area contributed by atoms with Crippen molar-refractivity contribution in [2.24, 2.45) is 5.73 Å². The van der Waals surface area contributed by atoms with E-state index in [4.69, 9.17) is 5.73 Å². The van der Waals surface area contributed by atoms with Crippen molar-refractivity contribution in [2.75, 3.05) is 5.32 Å². The number of carbonyl (C=O) groups excluding carboxylic acids is 1. The van der Waals surface area contributed by atoms with Crippen LogP contribution >= 0.6 is 11.3 Å². The Morgan fingerprint density at radius 2 is 2.32 bits per heavy atom. The van der Waals surface area contributed by atoms with Crippen molar-refractivity contribution in [3.63, 3.8) is 0 Å². The van der Waals surface area contributed by atoms with E-state index in [1.807, 2.05) is 6.92 Å². The zero-order chi connectivity index (χ0) is 13.8. The summed E-state index contributed by atoms with van der Waals surface area (Å²) in [5.74, 6) is -0.987. The molecule has 1 amide bonds. The zero-order valence-electron chi connectivity index (χ0n) is 10.4. The summed E-state index contributed by atoms with van der Waals surface area (Å²) < 4.78 is 13.6. The van der Waals surface area contributed by atoms with Crippen LogP contribution in [0, 0.1) is 5.82 Å². The number of nitrogens with two attached hydrogens (primary N) is 1. The summed E-state index contributed by atoms with van der Waals surface area (Å²) in [5, 5.41) is 3.99. The average molecular weight is 279 g/mol. The second-order valence-electron chi connectivity index (χ2n) is 3.99. The topological polar surface area (TPSA) is 68.0 Å². The van der Waals surface area contributed by atoms with E-state index in [0.29, 0.717) is 6.54 Å². The Balaban J connectivity index is 2.10. The quantitative estimate of drug-likeness (QED) is 0.883. The summed E-state index contributed by atoms with van der Waals surface area (Å²) in [7, 11) is 0. The number of carbonyl (C=O) groups is 1. The van der Waals surface area contributed by atoms with Crippen molar-refractivity contribution < 1.29 is 9.18 Å². The normalized spacial score (nSPS) is 10.4. The van der Waals surface area contributed by atoms with Crippen molar-refractivity contribution in [2.45, 2.75) is 19.9 Å². The molecule has 0 bridgehead atoms. The van der Waals surface area contributed by atoms with Gasteiger partial charge in [-0.2, -0.15) is 0 Å². The molecule has 0 saturated heterocycles. The average Bonchev–Trinajstić information content (AvgIpc) is 2.85. The van der Waals surface area contributed by atoms with Gasteiger partial charge >= 0.3 is 0 Å². The summed E-state index contributed by atoms with van der Waals surface area (Å²) in [4.78, 5) is 16.3. The van der Waals surface area contributed by atoms with Crippen LogP contribution in [0.4, 0.5) is 10.1 Å². The lowest BCUT2D eigenvalue weighted by Gasteiger charge is -2.07. The van der Waals surface area contributed by atoms with Crippen LogP contribution in [0.3, 0.4) is 0 Å². The predicted octanol–water partition coefficient (Wildman–Crippen LogP) is 2.56. The molecule has 1 aromatic carbocycles. The molecule has 0 aliphatic carbocycles. The molecule has 0 aliphatic heterocycles. The summed E-state index contributed by atoms with van der Waals surface area (Å²) in [5.41, 5.74) is 5.71. The van der Waals surface area contributed by atoms with E-state index >= 15 is 0 Å². The number of benzene rings is 1. The van der Waals surface area contributed by atoms with Gasteiger partial charge in [0, 0.05) is 16.6 Å². The van der Waals surface area contributed by atoms with E-state index in [2.05, 4.69) is 10.3 Å². The number of primary amides is 1.